The highest BCUT2D eigenvalue weighted by atomic mass is 32.2. The van der Waals surface area contributed by atoms with Gasteiger partial charge in [0.2, 0.25) is 10.0 Å². The molecule has 1 aliphatic heterocycles. The molecule has 1 atom stereocenters. The minimum atomic E-state index is -3.41. The van der Waals surface area contributed by atoms with Crippen LogP contribution >= 0.6 is 0 Å². The van der Waals surface area contributed by atoms with E-state index in [0.717, 1.165) is 11.1 Å². The maximum Gasteiger partial charge on any atom is 0.236 e. The average molecular weight is 270 g/mol. The van der Waals surface area contributed by atoms with Gasteiger partial charge in [0.25, 0.3) is 0 Å². The fraction of sp³-hybridized carbons (Fsp3) is 0.500. The van der Waals surface area contributed by atoms with Gasteiger partial charge < -0.3 is 10.5 Å². The molecule has 1 aliphatic rings. The Morgan fingerprint density at radius 3 is 2.78 bits per heavy atom. The van der Waals surface area contributed by atoms with Gasteiger partial charge in [0.15, 0.2) is 0 Å². The van der Waals surface area contributed by atoms with Crippen molar-refractivity contribution in [3.63, 3.8) is 0 Å². The van der Waals surface area contributed by atoms with Gasteiger partial charge in [0.1, 0.15) is 0 Å². The summed E-state index contributed by atoms with van der Waals surface area (Å²) < 4.78 is 32.0. The number of nitrogens with one attached hydrogen (secondary N) is 1. The summed E-state index contributed by atoms with van der Waals surface area (Å²) in [4.78, 5) is 0. The molecular weight excluding hydrogens is 252 g/mol. The van der Waals surface area contributed by atoms with Gasteiger partial charge in [-0.3, -0.25) is 4.72 Å². The predicted octanol–water partition coefficient (Wildman–Crippen LogP) is 1.20. The highest BCUT2D eigenvalue weighted by Crippen LogP contribution is 2.24. The number of hydrogen-bond acceptors (Lipinski definition) is 4. The second kappa shape index (κ2) is 5.26. The molecule has 0 bridgehead atoms. The summed E-state index contributed by atoms with van der Waals surface area (Å²) in [5.41, 5.74) is 8.20. The van der Waals surface area contributed by atoms with E-state index in [2.05, 4.69) is 4.72 Å². The SMILES string of the molecule is CCC(CN)S(=O)(=O)Nc1ccc2c(c1)COC2. The summed E-state index contributed by atoms with van der Waals surface area (Å²) in [6.07, 6.45) is 0.500. The molecule has 0 saturated heterocycles. The molecular formula is C12H18N2O3S. The standard InChI is InChI=1S/C12H18N2O3S/c1-2-12(6-13)18(15,16)14-11-4-3-9-7-17-8-10(9)5-11/h3-5,12,14H,2,6-8,13H2,1H3. The van der Waals surface area contributed by atoms with Gasteiger partial charge in [-0.15, -0.1) is 0 Å². The van der Waals surface area contributed by atoms with E-state index in [-0.39, 0.29) is 6.54 Å². The van der Waals surface area contributed by atoms with Crippen molar-refractivity contribution >= 4 is 15.7 Å². The zero-order chi connectivity index (χ0) is 13.2. The van der Waals surface area contributed by atoms with Crippen molar-refractivity contribution in [1.29, 1.82) is 0 Å². The van der Waals surface area contributed by atoms with Crippen LogP contribution in [0.5, 0.6) is 0 Å². The Morgan fingerprint density at radius 2 is 2.11 bits per heavy atom. The third kappa shape index (κ3) is 2.66. The summed E-state index contributed by atoms with van der Waals surface area (Å²) in [6.45, 7) is 3.08. The van der Waals surface area contributed by atoms with Gasteiger partial charge >= 0.3 is 0 Å². The lowest BCUT2D eigenvalue weighted by Crippen LogP contribution is -2.33. The highest BCUT2D eigenvalue weighted by molar-refractivity contribution is 7.93. The summed E-state index contributed by atoms with van der Waals surface area (Å²) in [5, 5.41) is -0.554. The Hall–Kier alpha value is -1.11. The highest BCUT2D eigenvalue weighted by Gasteiger charge is 2.22. The number of sulfonamides is 1. The summed E-state index contributed by atoms with van der Waals surface area (Å²) in [7, 11) is -3.41. The molecule has 0 aliphatic carbocycles. The van der Waals surface area contributed by atoms with Crippen LogP contribution in [0.4, 0.5) is 5.69 Å². The largest absolute Gasteiger partial charge is 0.372 e. The van der Waals surface area contributed by atoms with Crippen molar-refractivity contribution in [3.8, 4) is 0 Å². The Balaban J connectivity index is 2.19. The Labute approximate surface area is 107 Å². The first-order chi connectivity index (χ1) is 8.56. The first-order valence-corrected chi connectivity index (χ1v) is 7.52. The van der Waals surface area contributed by atoms with Gasteiger partial charge in [-0.1, -0.05) is 13.0 Å². The molecule has 1 aromatic carbocycles. The van der Waals surface area contributed by atoms with E-state index < -0.39 is 15.3 Å². The van der Waals surface area contributed by atoms with Gasteiger partial charge in [-0.25, -0.2) is 8.42 Å². The van der Waals surface area contributed by atoms with Crippen molar-refractivity contribution in [2.24, 2.45) is 5.73 Å². The van der Waals surface area contributed by atoms with Crippen LogP contribution in [-0.4, -0.2) is 20.2 Å². The second-order valence-corrected chi connectivity index (χ2v) is 6.35. The van der Waals surface area contributed by atoms with E-state index in [1.54, 1.807) is 6.07 Å². The molecule has 100 valence electrons. The summed E-state index contributed by atoms with van der Waals surface area (Å²) in [6, 6.07) is 5.47. The molecule has 0 amide bonds. The van der Waals surface area contributed by atoms with E-state index in [4.69, 9.17) is 10.5 Å². The third-order valence-electron chi connectivity index (χ3n) is 3.14. The fourth-order valence-corrected chi connectivity index (χ4v) is 3.31. The number of anilines is 1. The first-order valence-electron chi connectivity index (χ1n) is 5.98. The molecule has 0 saturated carbocycles. The van der Waals surface area contributed by atoms with E-state index in [1.807, 2.05) is 19.1 Å². The normalized spacial score (nSPS) is 16.3. The molecule has 1 aromatic rings. The zero-order valence-electron chi connectivity index (χ0n) is 10.3. The van der Waals surface area contributed by atoms with Gasteiger partial charge in [0.05, 0.1) is 18.5 Å². The molecule has 1 unspecified atom stereocenters. The number of nitrogens with two attached hydrogens (primary N) is 1. The predicted molar refractivity (Wildman–Crippen MR) is 70.6 cm³/mol. The maximum absolute atomic E-state index is 12.0. The lowest BCUT2D eigenvalue weighted by Gasteiger charge is -2.15. The van der Waals surface area contributed by atoms with Crippen LogP contribution in [0.1, 0.15) is 24.5 Å². The fourth-order valence-electron chi connectivity index (χ4n) is 2.00. The van der Waals surface area contributed by atoms with Crippen molar-refractivity contribution in [2.45, 2.75) is 31.8 Å². The Morgan fingerprint density at radius 1 is 1.39 bits per heavy atom. The summed E-state index contributed by atoms with van der Waals surface area (Å²) in [5.74, 6) is 0. The zero-order valence-corrected chi connectivity index (χ0v) is 11.2. The minimum Gasteiger partial charge on any atom is -0.372 e. The Kier molecular flexibility index (Phi) is 3.89. The third-order valence-corrected chi connectivity index (χ3v) is 5.06. The van der Waals surface area contributed by atoms with Crippen LogP contribution in [0.15, 0.2) is 18.2 Å². The van der Waals surface area contributed by atoms with Crippen LogP contribution in [0.3, 0.4) is 0 Å². The second-order valence-electron chi connectivity index (χ2n) is 4.39. The molecule has 3 N–H and O–H groups in total. The van der Waals surface area contributed by atoms with Gasteiger partial charge in [0, 0.05) is 12.2 Å². The minimum absolute atomic E-state index is 0.125. The number of rotatable bonds is 5. The molecule has 18 heavy (non-hydrogen) atoms. The maximum atomic E-state index is 12.0. The van der Waals surface area contributed by atoms with Crippen LogP contribution in [-0.2, 0) is 28.0 Å². The quantitative estimate of drug-likeness (QED) is 0.842. The average Bonchev–Trinajstić information content (AvgIpc) is 2.76. The van der Waals surface area contributed by atoms with Crippen molar-refractivity contribution in [3.05, 3.63) is 29.3 Å². The lowest BCUT2D eigenvalue weighted by molar-refractivity contribution is 0.134. The van der Waals surface area contributed by atoms with E-state index in [9.17, 15) is 8.42 Å². The van der Waals surface area contributed by atoms with Crippen molar-refractivity contribution in [2.75, 3.05) is 11.3 Å². The van der Waals surface area contributed by atoms with E-state index in [0.29, 0.717) is 25.3 Å². The van der Waals surface area contributed by atoms with Crippen LogP contribution in [0.25, 0.3) is 0 Å². The topological polar surface area (TPSA) is 81.4 Å². The smallest absolute Gasteiger partial charge is 0.236 e. The molecule has 0 fully saturated rings. The van der Waals surface area contributed by atoms with Crippen molar-refractivity contribution in [1.82, 2.24) is 0 Å². The molecule has 0 aromatic heterocycles. The molecule has 2 rings (SSSR count). The van der Waals surface area contributed by atoms with Crippen LogP contribution < -0.4 is 10.5 Å². The Bertz CT molecular complexity index is 524. The molecule has 5 nitrogen and oxygen atoms in total. The molecule has 6 heteroatoms. The summed E-state index contributed by atoms with van der Waals surface area (Å²) >= 11 is 0. The van der Waals surface area contributed by atoms with Crippen molar-refractivity contribution < 1.29 is 13.2 Å². The van der Waals surface area contributed by atoms with E-state index >= 15 is 0 Å². The molecule has 0 radical (unpaired) electrons. The molecule has 0 spiro atoms. The lowest BCUT2D eigenvalue weighted by atomic mass is 10.1. The van der Waals surface area contributed by atoms with Crippen LogP contribution in [0.2, 0.25) is 0 Å². The number of fused-ring (bicyclic) bond motifs is 1. The monoisotopic (exact) mass is 270 g/mol. The number of hydrogen-bond donors (Lipinski definition) is 2. The van der Waals surface area contributed by atoms with Crippen LogP contribution in [0, 0.1) is 0 Å². The number of benzene rings is 1. The van der Waals surface area contributed by atoms with E-state index in [1.165, 1.54) is 0 Å². The first kappa shape index (κ1) is 13.3. The number of ether oxygens (including phenoxy) is 1. The molecule has 1 heterocycles. The van der Waals surface area contributed by atoms with Gasteiger partial charge in [-0.05, 0) is 29.7 Å². The van der Waals surface area contributed by atoms with Gasteiger partial charge in [-0.2, -0.15) is 0 Å².